The number of piperazine rings is 1. The molecule has 0 radical (unpaired) electrons. The standard InChI is InChI=1S/C14H27N3O/c15-6-2-1-3-7-16-8-10-17(11-9-16)14(18)12-13-4-5-13/h13H,1-12,15H2. The van der Waals surface area contributed by atoms with E-state index in [-0.39, 0.29) is 0 Å². The normalized spacial score (nSPS) is 21.3. The molecule has 4 nitrogen and oxygen atoms in total. The molecule has 2 N–H and O–H groups in total. The van der Waals surface area contributed by atoms with E-state index in [0.717, 1.165) is 45.6 Å². The first-order valence-electron chi connectivity index (χ1n) is 7.50. The third-order valence-corrected chi connectivity index (χ3v) is 4.06. The summed E-state index contributed by atoms with van der Waals surface area (Å²) in [7, 11) is 0. The SMILES string of the molecule is NCCCCCN1CCN(C(=O)CC2CC2)CC1. The Balaban J connectivity index is 1.57. The van der Waals surface area contributed by atoms with Gasteiger partial charge in [-0.15, -0.1) is 0 Å². The number of carbonyl (C=O) groups excluding carboxylic acids is 1. The molecule has 0 aromatic carbocycles. The molecule has 0 bridgehead atoms. The van der Waals surface area contributed by atoms with Crippen LogP contribution in [0.2, 0.25) is 0 Å². The predicted molar refractivity (Wildman–Crippen MR) is 73.3 cm³/mol. The molecule has 2 rings (SSSR count). The highest BCUT2D eigenvalue weighted by molar-refractivity contribution is 5.76. The topological polar surface area (TPSA) is 49.6 Å². The van der Waals surface area contributed by atoms with Gasteiger partial charge in [0.1, 0.15) is 0 Å². The fourth-order valence-electron chi connectivity index (χ4n) is 2.58. The summed E-state index contributed by atoms with van der Waals surface area (Å²) in [4.78, 5) is 16.5. The van der Waals surface area contributed by atoms with Gasteiger partial charge in [-0.1, -0.05) is 6.42 Å². The summed E-state index contributed by atoms with van der Waals surface area (Å²) in [6, 6.07) is 0. The maximum Gasteiger partial charge on any atom is 0.222 e. The smallest absolute Gasteiger partial charge is 0.222 e. The molecule has 1 heterocycles. The second-order valence-corrected chi connectivity index (χ2v) is 5.72. The van der Waals surface area contributed by atoms with E-state index in [1.807, 2.05) is 0 Å². The summed E-state index contributed by atoms with van der Waals surface area (Å²) < 4.78 is 0. The van der Waals surface area contributed by atoms with Crippen molar-refractivity contribution in [2.75, 3.05) is 39.3 Å². The van der Waals surface area contributed by atoms with E-state index in [9.17, 15) is 4.79 Å². The van der Waals surface area contributed by atoms with E-state index in [0.29, 0.717) is 11.8 Å². The molecule has 1 aliphatic heterocycles. The van der Waals surface area contributed by atoms with Gasteiger partial charge in [0.2, 0.25) is 5.91 Å². The predicted octanol–water partition coefficient (Wildman–Crippen LogP) is 1.06. The van der Waals surface area contributed by atoms with Crippen LogP contribution in [0.4, 0.5) is 0 Å². The summed E-state index contributed by atoms with van der Waals surface area (Å²) in [5.41, 5.74) is 5.49. The molecule has 0 aromatic heterocycles. The molecule has 18 heavy (non-hydrogen) atoms. The minimum Gasteiger partial charge on any atom is -0.340 e. The molecule has 4 heteroatoms. The van der Waals surface area contributed by atoms with E-state index in [1.54, 1.807) is 0 Å². The summed E-state index contributed by atoms with van der Waals surface area (Å²) in [5.74, 6) is 1.10. The van der Waals surface area contributed by atoms with Gasteiger partial charge in [-0.3, -0.25) is 9.69 Å². The van der Waals surface area contributed by atoms with Crippen LogP contribution in [0.5, 0.6) is 0 Å². The number of rotatable bonds is 7. The molecule has 1 amide bonds. The van der Waals surface area contributed by atoms with Crippen LogP contribution in [0.3, 0.4) is 0 Å². The Labute approximate surface area is 110 Å². The number of amides is 1. The lowest BCUT2D eigenvalue weighted by atomic mass is 10.2. The lowest BCUT2D eigenvalue weighted by molar-refractivity contribution is -0.133. The summed E-state index contributed by atoms with van der Waals surface area (Å²) in [6.07, 6.45) is 6.96. The van der Waals surface area contributed by atoms with Gasteiger partial charge in [0.15, 0.2) is 0 Å². The Morgan fingerprint density at radius 3 is 2.39 bits per heavy atom. The zero-order valence-corrected chi connectivity index (χ0v) is 11.4. The molecule has 2 aliphatic rings. The first-order valence-corrected chi connectivity index (χ1v) is 7.50. The monoisotopic (exact) mass is 253 g/mol. The van der Waals surface area contributed by atoms with Gasteiger partial charge in [-0.25, -0.2) is 0 Å². The van der Waals surface area contributed by atoms with Crippen molar-refractivity contribution in [3.05, 3.63) is 0 Å². The van der Waals surface area contributed by atoms with Gasteiger partial charge in [-0.2, -0.15) is 0 Å². The Morgan fingerprint density at radius 1 is 1.06 bits per heavy atom. The molecule has 0 spiro atoms. The van der Waals surface area contributed by atoms with Gasteiger partial charge in [0.25, 0.3) is 0 Å². The van der Waals surface area contributed by atoms with E-state index < -0.39 is 0 Å². The van der Waals surface area contributed by atoms with Gasteiger partial charge < -0.3 is 10.6 Å². The van der Waals surface area contributed by atoms with Crippen molar-refractivity contribution in [3.8, 4) is 0 Å². The van der Waals surface area contributed by atoms with E-state index >= 15 is 0 Å². The van der Waals surface area contributed by atoms with Gasteiger partial charge in [0, 0.05) is 32.6 Å². The van der Waals surface area contributed by atoms with Crippen molar-refractivity contribution in [2.45, 2.75) is 38.5 Å². The summed E-state index contributed by atoms with van der Waals surface area (Å²) in [5, 5.41) is 0. The zero-order valence-electron chi connectivity index (χ0n) is 11.4. The van der Waals surface area contributed by atoms with Crippen LogP contribution in [-0.2, 0) is 4.79 Å². The summed E-state index contributed by atoms with van der Waals surface area (Å²) >= 11 is 0. The zero-order chi connectivity index (χ0) is 12.8. The van der Waals surface area contributed by atoms with Crippen LogP contribution in [-0.4, -0.2) is 55.0 Å². The van der Waals surface area contributed by atoms with Gasteiger partial charge >= 0.3 is 0 Å². The lowest BCUT2D eigenvalue weighted by Gasteiger charge is -2.34. The number of hydrogen-bond donors (Lipinski definition) is 1. The molecular formula is C14H27N3O. The fourth-order valence-corrected chi connectivity index (χ4v) is 2.58. The third-order valence-electron chi connectivity index (χ3n) is 4.06. The summed E-state index contributed by atoms with van der Waals surface area (Å²) in [6.45, 7) is 5.96. The van der Waals surface area contributed by atoms with Crippen molar-refractivity contribution < 1.29 is 4.79 Å². The molecule has 0 atom stereocenters. The quantitative estimate of drug-likeness (QED) is 0.690. The van der Waals surface area contributed by atoms with Crippen LogP contribution in [0.15, 0.2) is 0 Å². The van der Waals surface area contributed by atoms with Crippen molar-refractivity contribution >= 4 is 5.91 Å². The average Bonchev–Trinajstić information content (AvgIpc) is 3.19. The van der Waals surface area contributed by atoms with Crippen LogP contribution >= 0.6 is 0 Å². The Morgan fingerprint density at radius 2 is 1.78 bits per heavy atom. The molecule has 1 saturated heterocycles. The second kappa shape index (κ2) is 7.10. The van der Waals surface area contributed by atoms with E-state index in [2.05, 4.69) is 9.80 Å². The van der Waals surface area contributed by atoms with Crippen molar-refractivity contribution in [2.24, 2.45) is 11.7 Å². The first kappa shape index (κ1) is 13.8. The number of unbranched alkanes of at least 4 members (excludes halogenated alkanes) is 2. The fraction of sp³-hybridized carbons (Fsp3) is 0.929. The number of nitrogens with zero attached hydrogens (tertiary/aromatic N) is 2. The van der Waals surface area contributed by atoms with Crippen LogP contribution in [0.1, 0.15) is 38.5 Å². The number of carbonyl (C=O) groups is 1. The van der Waals surface area contributed by atoms with E-state index in [1.165, 1.54) is 32.2 Å². The molecule has 1 aliphatic carbocycles. The largest absolute Gasteiger partial charge is 0.340 e. The Kier molecular flexibility index (Phi) is 5.45. The minimum atomic E-state index is 0.389. The maximum absolute atomic E-state index is 11.9. The molecule has 2 fully saturated rings. The first-order chi connectivity index (χ1) is 8.79. The molecule has 0 aromatic rings. The highest BCUT2D eigenvalue weighted by Crippen LogP contribution is 2.32. The number of hydrogen-bond acceptors (Lipinski definition) is 3. The Hall–Kier alpha value is -0.610. The Bertz CT molecular complexity index is 258. The molecule has 1 saturated carbocycles. The van der Waals surface area contributed by atoms with Crippen LogP contribution in [0, 0.1) is 5.92 Å². The molecule has 0 unspecified atom stereocenters. The second-order valence-electron chi connectivity index (χ2n) is 5.72. The van der Waals surface area contributed by atoms with Crippen molar-refractivity contribution in [1.29, 1.82) is 0 Å². The lowest BCUT2D eigenvalue weighted by Crippen LogP contribution is -2.48. The van der Waals surface area contributed by atoms with Crippen LogP contribution < -0.4 is 5.73 Å². The average molecular weight is 253 g/mol. The van der Waals surface area contributed by atoms with Gasteiger partial charge in [-0.05, 0) is 44.7 Å². The minimum absolute atomic E-state index is 0.389. The number of nitrogens with two attached hydrogens (primary N) is 1. The third kappa shape index (κ3) is 4.58. The van der Waals surface area contributed by atoms with Gasteiger partial charge in [0.05, 0.1) is 0 Å². The maximum atomic E-state index is 11.9. The van der Waals surface area contributed by atoms with E-state index in [4.69, 9.17) is 5.73 Å². The molecular weight excluding hydrogens is 226 g/mol. The highest BCUT2D eigenvalue weighted by atomic mass is 16.2. The van der Waals surface area contributed by atoms with Crippen molar-refractivity contribution in [3.63, 3.8) is 0 Å². The molecule has 104 valence electrons. The highest BCUT2D eigenvalue weighted by Gasteiger charge is 2.28. The van der Waals surface area contributed by atoms with Crippen LogP contribution in [0.25, 0.3) is 0 Å². The van der Waals surface area contributed by atoms with Crippen molar-refractivity contribution in [1.82, 2.24) is 9.80 Å².